The molecule has 0 atom stereocenters. The summed E-state index contributed by atoms with van der Waals surface area (Å²) >= 11 is 0. The van der Waals surface area contributed by atoms with E-state index in [1.807, 2.05) is 32.0 Å². The van der Waals surface area contributed by atoms with E-state index in [1.54, 1.807) is 0 Å². The lowest BCUT2D eigenvalue weighted by Crippen LogP contribution is -2.20. The average Bonchev–Trinajstić information content (AvgIpc) is 2.42. The van der Waals surface area contributed by atoms with Crippen molar-refractivity contribution in [3.63, 3.8) is 0 Å². The lowest BCUT2D eigenvalue weighted by atomic mass is 10.1. The maximum atomic E-state index is 12.0. The first kappa shape index (κ1) is 16.0. The molecule has 0 aromatic heterocycles. The minimum atomic E-state index is -3.74. The van der Waals surface area contributed by atoms with Crippen LogP contribution in [0.25, 0.3) is 0 Å². The number of benzene rings is 2. The van der Waals surface area contributed by atoms with Crippen LogP contribution in [0.15, 0.2) is 47.4 Å². The molecule has 0 aliphatic carbocycles. The van der Waals surface area contributed by atoms with Gasteiger partial charge in [-0.2, -0.15) is 0 Å². The van der Waals surface area contributed by atoms with Gasteiger partial charge in [-0.25, -0.2) is 18.4 Å². The molecule has 0 saturated carbocycles. The number of amides is 2. The summed E-state index contributed by atoms with van der Waals surface area (Å²) in [4.78, 5) is 12.0. The number of rotatable bonds is 3. The van der Waals surface area contributed by atoms with Crippen LogP contribution in [0.1, 0.15) is 11.1 Å². The van der Waals surface area contributed by atoms with Crippen molar-refractivity contribution in [1.82, 2.24) is 0 Å². The molecule has 2 rings (SSSR count). The first-order chi connectivity index (χ1) is 10.3. The third kappa shape index (κ3) is 4.06. The number of carbonyl (C=O) groups is 1. The molecular formula is C15H17N3O3S. The van der Waals surface area contributed by atoms with Gasteiger partial charge in [0.15, 0.2) is 0 Å². The van der Waals surface area contributed by atoms with Gasteiger partial charge in [-0.05, 0) is 55.3 Å². The van der Waals surface area contributed by atoms with E-state index < -0.39 is 16.1 Å². The summed E-state index contributed by atoms with van der Waals surface area (Å²) in [6.45, 7) is 3.84. The highest BCUT2D eigenvalue weighted by molar-refractivity contribution is 7.89. The number of anilines is 2. The monoisotopic (exact) mass is 319 g/mol. The molecule has 0 saturated heterocycles. The van der Waals surface area contributed by atoms with Crippen molar-refractivity contribution < 1.29 is 13.2 Å². The Morgan fingerprint density at radius 2 is 1.64 bits per heavy atom. The number of aryl methyl sites for hydroxylation is 2. The lowest BCUT2D eigenvalue weighted by Gasteiger charge is -2.11. The Balaban J connectivity index is 2.07. The van der Waals surface area contributed by atoms with Crippen molar-refractivity contribution >= 4 is 27.4 Å². The van der Waals surface area contributed by atoms with Crippen molar-refractivity contribution in [3.8, 4) is 0 Å². The van der Waals surface area contributed by atoms with Gasteiger partial charge in [0.1, 0.15) is 0 Å². The van der Waals surface area contributed by atoms with E-state index in [9.17, 15) is 13.2 Å². The number of carbonyl (C=O) groups excluding carboxylic acids is 1. The summed E-state index contributed by atoms with van der Waals surface area (Å²) in [5.41, 5.74) is 3.18. The minimum Gasteiger partial charge on any atom is -0.308 e. The van der Waals surface area contributed by atoms with Crippen LogP contribution in [-0.4, -0.2) is 14.4 Å². The number of nitrogens with one attached hydrogen (secondary N) is 2. The van der Waals surface area contributed by atoms with Gasteiger partial charge in [0.05, 0.1) is 4.90 Å². The lowest BCUT2D eigenvalue weighted by molar-refractivity contribution is 0.262. The van der Waals surface area contributed by atoms with Gasteiger partial charge >= 0.3 is 6.03 Å². The third-order valence-electron chi connectivity index (χ3n) is 3.08. The molecule has 7 heteroatoms. The molecule has 2 aromatic rings. The maximum Gasteiger partial charge on any atom is 0.323 e. The Morgan fingerprint density at radius 3 is 2.23 bits per heavy atom. The van der Waals surface area contributed by atoms with Crippen LogP contribution in [0.3, 0.4) is 0 Å². The summed E-state index contributed by atoms with van der Waals surface area (Å²) in [7, 11) is -3.74. The van der Waals surface area contributed by atoms with Crippen LogP contribution in [0, 0.1) is 13.8 Å². The van der Waals surface area contributed by atoms with E-state index in [0.717, 1.165) is 16.8 Å². The van der Waals surface area contributed by atoms with E-state index in [1.165, 1.54) is 24.3 Å². The Hall–Kier alpha value is -2.38. The molecule has 0 unspecified atom stereocenters. The van der Waals surface area contributed by atoms with Crippen LogP contribution in [0.2, 0.25) is 0 Å². The molecule has 0 bridgehead atoms. The zero-order chi connectivity index (χ0) is 16.3. The summed E-state index contributed by atoms with van der Waals surface area (Å²) in [6, 6.07) is 11.0. The second-order valence-electron chi connectivity index (χ2n) is 4.97. The predicted molar refractivity (Wildman–Crippen MR) is 86.4 cm³/mol. The summed E-state index contributed by atoms with van der Waals surface area (Å²) in [5.74, 6) is 0. The zero-order valence-corrected chi connectivity index (χ0v) is 13.1. The second kappa shape index (κ2) is 6.17. The highest BCUT2D eigenvalue weighted by atomic mass is 32.2. The molecule has 22 heavy (non-hydrogen) atoms. The van der Waals surface area contributed by atoms with Gasteiger partial charge < -0.3 is 10.6 Å². The Kier molecular flexibility index (Phi) is 4.48. The molecular weight excluding hydrogens is 302 g/mol. The van der Waals surface area contributed by atoms with E-state index in [2.05, 4.69) is 10.6 Å². The van der Waals surface area contributed by atoms with Gasteiger partial charge in [0.25, 0.3) is 0 Å². The topological polar surface area (TPSA) is 101 Å². The fourth-order valence-electron chi connectivity index (χ4n) is 1.88. The van der Waals surface area contributed by atoms with Crippen LogP contribution in [-0.2, 0) is 10.0 Å². The number of urea groups is 1. The fraction of sp³-hybridized carbons (Fsp3) is 0.133. The van der Waals surface area contributed by atoms with Crippen LogP contribution in [0.4, 0.5) is 16.2 Å². The normalized spacial score (nSPS) is 11.0. The standard InChI is InChI=1S/C15H17N3O3S/c1-10-3-4-11(2)14(9-10)18-15(19)17-12-5-7-13(8-6-12)22(16,20)21/h3-9H,1-2H3,(H2,16,20,21)(H2,17,18,19). The van der Waals surface area contributed by atoms with Gasteiger partial charge in [-0.1, -0.05) is 12.1 Å². The van der Waals surface area contributed by atoms with Gasteiger partial charge in [-0.15, -0.1) is 0 Å². The van der Waals surface area contributed by atoms with Crippen molar-refractivity contribution in [3.05, 3.63) is 53.6 Å². The second-order valence-corrected chi connectivity index (χ2v) is 6.53. The molecule has 0 spiro atoms. The minimum absolute atomic E-state index is 0.00649. The number of hydrogen-bond acceptors (Lipinski definition) is 3. The SMILES string of the molecule is Cc1ccc(C)c(NC(=O)Nc2ccc(S(N)(=O)=O)cc2)c1. The maximum absolute atomic E-state index is 12.0. The highest BCUT2D eigenvalue weighted by Crippen LogP contribution is 2.17. The molecule has 0 aliphatic rings. The largest absolute Gasteiger partial charge is 0.323 e. The number of nitrogens with two attached hydrogens (primary N) is 1. The number of hydrogen-bond donors (Lipinski definition) is 3. The average molecular weight is 319 g/mol. The first-order valence-corrected chi connectivity index (χ1v) is 8.08. The van der Waals surface area contributed by atoms with E-state index in [4.69, 9.17) is 5.14 Å². The van der Waals surface area contributed by atoms with Crippen LogP contribution in [0.5, 0.6) is 0 Å². The first-order valence-electron chi connectivity index (χ1n) is 6.54. The molecule has 0 fully saturated rings. The predicted octanol–water partition coefficient (Wildman–Crippen LogP) is 2.59. The summed E-state index contributed by atoms with van der Waals surface area (Å²) < 4.78 is 22.3. The van der Waals surface area contributed by atoms with E-state index in [0.29, 0.717) is 5.69 Å². The van der Waals surface area contributed by atoms with Gasteiger partial charge in [0.2, 0.25) is 10.0 Å². The molecule has 0 aliphatic heterocycles. The molecule has 0 heterocycles. The van der Waals surface area contributed by atoms with Crippen molar-refractivity contribution in [2.45, 2.75) is 18.7 Å². The van der Waals surface area contributed by atoms with Crippen LogP contribution < -0.4 is 15.8 Å². The van der Waals surface area contributed by atoms with E-state index in [-0.39, 0.29) is 4.90 Å². The molecule has 4 N–H and O–H groups in total. The van der Waals surface area contributed by atoms with Crippen molar-refractivity contribution in [1.29, 1.82) is 0 Å². The molecule has 116 valence electrons. The van der Waals surface area contributed by atoms with Crippen molar-refractivity contribution in [2.75, 3.05) is 10.6 Å². The Labute approximate surface area is 129 Å². The van der Waals surface area contributed by atoms with Gasteiger partial charge in [-0.3, -0.25) is 0 Å². The third-order valence-corrected chi connectivity index (χ3v) is 4.01. The molecule has 2 aromatic carbocycles. The van der Waals surface area contributed by atoms with Crippen molar-refractivity contribution in [2.24, 2.45) is 5.14 Å². The molecule has 6 nitrogen and oxygen atoms in total. The quantitative estimate of drug-likeness (QED) is 0.810. The number of sulfonamides is 1. The summed E-state index contributed by atoms with van der Waals surface area (Å²) in [6.07, 6.45) is 0. The number of primary sulfonamides is 1. The highest BCUT2D eigenvalue weighted by Gasteiger charge is 2.09. The molecule has 0 radical (unpaired) electrons. The van der Waals surface area contributed by atoms with E-state index >= 15 is 0 Å². The Morgan fingerprint density at radius 1 is 1.00 bits per heavy atom. The molecule has 2 amide bonds. The zero-order valence-electron chi connectivity index (χ0n) is 12.3. The summed E-state index contributed by atoms with van der Waals surface area (Å²) in [5, 5.41) is 10.4. The smallest absolute Gasteiger partial charge is 0.308 e. The van der Waals surface area contributed by atoms with Crippen LogP contribution >= 0.6 is 0 Å². The van der Waals surface area contributed by atoms with Gasteiger partial charge in [0, 0.05) is 11.4 Å². The Bertz CT molecular complexity index is 799. The fourth-order valence-corrected chi connectivity index (χ4v) is 2.40.